The third-order valence-electron chi connectivity index (χ3n) is 7.27. The van der Waals surface area contributed by atoms with Crippen LogP contribution in [-0.2, 0) is 25.6 Å². The zero-order valence-corrected chi connectivity index (χ0v) is 23.4. The number of nitrogens with one attached hydrogen (secondary N) is 1. The summed E-state index contributed by atoms with van der Waals surface area (Å²) in [5.41, 5.74) is 1.18. The zero-order chi connectivity index (χ0) is 29.5. The van der Waals surface area contributed by atoms with E-state index >= 15 is 0 Å². The molecule has 1 amide bonds. The number of allylic oxidation sites excluding steroid dienone is 2. The molecule has 1 saturated carbocycles. The molecule has 1 aromatic rings. The number of benzene rings is 1. The van der Waals surface area contributed by atoms with E-state index in [-0.39, 0.29) is 30.8 Å². The SMILES string of the molecule is CC(COC(=O)C(C)NC(=O)CCCC=CC[C@@H]1[C@@H](CC[C@@H](O)CCc2ccccc2)[C@H](O)C[C@@H]1O)O[N+](=O)[O-]. The summed E-state index contributed by atoms with van der Waals surface area (Å²) in [6, 6.07) is 9.11. The second-order valence-corrected chi connectivity index (χ2v) is 10.6. The molecule has 11 heteroatoms. The molecule has 1 aliphatic rings. The van der Waals surface area contributed by atoms with Crippen LogP contribution in [0, 0.1) is 22.0 Å². The Bertz CT molecular complexity index is 943. The maximum atomic E-state index is 12.1. The molecular formula is C29H44N2O9. The summed E-state index contributed by atoms with van der Waals surface area (Å²) in [5.74, 6) is -1.18. The molecule has 1 fully saturated rings. The number of aliphatic hydroxyl groups is 3. The molecule has 0 saturated heterocycles. The highest BCUT2D eigenvalue weighted by atomic mass is 17.0. The number of amides is 1. The minimum atomic E-state index is -0.962. The average Bonchev–Trinajstić information content (AvgIpc) is 3.18. The van der Waals surface area contributed by atoms with Gasteiger partial charge in [0.05, 0.1) is 18.3 Å². The second kappa shape index (κ2) is 17.6. The maximum Gasteiger partial charge on any atom is 0.328 e. The van der Waals surface area contributed by atoms with E-state index in [0.29, 0.717) is 44.9 Å². The molecule has 2 unspecified atom stereocenters. The fraction of sp³-hybridized carbons (Fsp3) is 0.655. The van der Waals surface area contributed by atoms with Crippen molar-refractivity contribution < 1.29 is 39.6 Å². The summed E-state index contributed by atoms with van der Waals surface area (Å²) >= 11 is 0. The van der Waals surface area contributed by atoms with Crippen LogP contribution >= 0.6 is 0 Å². The molecule has 1 aliphatic carbocycles. The standard InChI is InChI=1S/C29H44N2O9/c1-20(40-31(37)38)19-39-29(36)21(2)30-28(35)13-9-4-3-8-12-24-25(27(34)18-26(24)33)17-16-23(32)15-14-22-10-6-5-7-11-22/h3,5-8,10-11,20-21,23-27,32-34H,4,9,12-19H2,1-2H3,(H,30,35)/t20?,21?,23-,24+,25+,26-,27+/m0/s1. The molecule has 0 bridgehead atoms. The normalized spacial score (nSPS) is 22.9. The number of carbonyl (C=O) groups is 2. The Hall–Kier alpha value is -3.02. The van der Waals surface area contributed by atoms with Crippen LogP contribution < -0.4 is 5.32 Å². The Morgan fingerprint density at radius 3 is 2.52 bits per heavy atom. The lowest BCUT2D eigenvalue weighted by molar-refractivity contribution is -0.767. The van der Waals surface area contributed by atoms with Gasteiger partial charge in [0, 0.05) is 6.42 Å². The van der Waals surface area contributed by atoms with Gasteiger partial charge in [-0.3, -0.25) is 4.79 Å². The minimum absolute atomic E-state index is 0.0767. The van der Waals surface area contributed by atoms with E-state index in [4.69, 9.17) is 4.74 Å². The van der Waals surface area contributed by atoms with Gasteiger partial charge in [-0.2, -0.15) is 0 Å². The van der Waals surface area contributed by atoms with E-state index in [1.165, 1.54) is 19.4 Å². The molecule has 40 heavy (non-hydrogen) atoms. The first-order chi connectivity index (χ1) is 19.1. The molecule has 2 rings (SSSR count). The quantitative estimate of drug-likeness (QED) is 0.0689. The van der Waals surface area contributed by atoms with E-state index in [1.807, 2.05) is 42.5 Å². The summed E-state index contributed by atoms with van der Waals surface area (Å²) < 4.78 is 4.91. The Labute approximate surface area is 235 Å². The first kappa shape index (κ1) is 33.2. The minimum Gasteiger partial charge on any atom is -0.462 e. The number of aliphatic hydroxyl groups excluding tert-OH is 3. The Morgan fingerprint density at radius 2 is 1.82 bits per heavy atom. The number of hydrogen-bond acceptors (Lipinski definition) is 9. The lowest BCUT2D eigenvalue weighted by atomic mass is 9.85. The summed E-state index contributed by atoms with van der Waals surface area (Å²) in [6.07, 6.45) is 6.41. The number of ether oxygens (including phenoxy) is 1. The van der Waals surface area contributed by atoms with E-state index in [1.54, 1.807) is 0 Å². The largest absolute Gasteiger partial charge is 0.462 e. The second-order valence-electron chi connectivity index (χ2n) is 10.6. The highest BCUT2D eigenvalue weighted by Gasteiger charge is 2.40. The zero-order valence-electron chi connectivity index (χ0n) is 23.4. The van der Waals surface area contributed by atoms with Gasteiger partial charge in [-0.1, -0.05) is 42.5 Å². The number of rotatable bonds is 18. The van der Waals surface area contributed by atoms with Crippen molar-refractivity contribution >= 4 is 11.9 Å². The van der Waals surface area contributed by atoms with Crippen molar-refractivity contribution in [1.82, 2.24) is 5.32 Å². The monoisotopic (exact) mass is 564 g/mol. The van der Waals surface area contributed by atoms with Gasteiger partial charge in [-0.15, -0.1) is 10.1 Å². The third-order valence-corrected chi connectivity index (χ3v) is 7.27. The highest BCUT2D eigenvalue weighted by Crippen LogP contribution is 2.38. The van der Waals surface area contributed by atoms with E-state index in [0.717, 1.165) is 6.42 Å². The number of hydrogen-bond donors (Lipinski definition) is 4. The van der Waals surface area contributed by atoms with Crippen LogP contribution in [0.15, 0.2) is 42.5 Å². The Balaban J connectivity index is 1.64. The van der Waals surface area contributed by atoms with Gasteiger partial charge >= 0.3 is 5.97 Å². The maximum absolute atomic E-state index is 12.1. The van der Waals surface area contributed by atoms with Gasteiger partial charge < -0.3 is 30.2 Å². The van der Waals surface area contributed by atoms with Crippen LogP contribution in [-0.4, -0.2) is 69.3 Å². The first-order valence-electron chi connectivity index (χ1n) is 14.1. The average molecular weight is 565 g/mol. The predicted octanol–water partition coefficient (Wildman–Crippen LogP) is 2.88. The summed E-state index contributed by atoms with van der Waals surface area (Å²) in [4.78, 5) is 38.6. The fourth-order valence-electron chi connectivity index (χ4n) is 5.04. The van der Waals surface area contributed by atoms with Gasteiger partial charge in [0.15, 0.2) is 0 Å². The molecule has 0 aliphatic heterocycles. The molecule has 0 heterocycles. The molecule has 4 N–H and O–H groups in total. The van der Waals surface area contributed by atoms with Crippen molar-refractivity contribution in [2.45, 2.75) is 102 Å². The van der Waals surface area contributed by atoms with Crippen molar-refractivity contribution in [2.75, 3.05) is 6.61 Å². The molecule has 11 nitrogen and oxygen atoms in total. The number of esters is 1. The van der Waals surface area contributed by atoms with Gasteiger partial charge in [-0.25, -0.2) is 4.79 Å². The van der Waals surface area contributed by atoms with Crippen LogP contribution in [0.5, 0.6) is 0 Å². The number of nitrogens with zero attached hydrogens (tertiary/aromatic N) is 1. The van der Waals surface area contributed by atoms with Gasteiger partial charge in [0.2, 0.25) is 5.91 Å². The lowest BCUT2D eigenvalue weighted by Gasteiger charge is -2.23. The Kier molecular flexibility index (Phi) is 14.6. The van der Waals surface area contributed by atoms with Crippen molar-refractivity contribution in [3.63, 3.8) is 0 Å². The number of unbranched alkanes of at least 4 members (excludes halogenated alkanes) is 1. The molecular weight excluding hydrogens is 520 g/mol. The van der Waals surface area contributed by atoms with E-state index < -0.39 is 41.5 Å². The first-order valence-corrected chi connectivity index (χ1v) is 14.1. The highest BCUT2D eigenvalue weighted by molar-refractivity contribution is 5.84. The summed E-state index contributed by atoms with van der Waals surface area (Å²) in [6.45, 7) is 2.56. The summed E-state index contributed by atoms with van der Waals surface area (Å²) in [5, 5.41) is 43.3. The molecule has 1 aromatic carbocycles. The van der Waals surface area contributed by atoms with Crippen molar-refractivity contribution in [2.24, 2.45) is 11.8 Å². The smallest absolute Gasteiger partial charge is 0.328 e. The molecule has 224 valence electrons. The molecule has 0 aromatic heterocycles. The van der Waals surface area contributed by atoms with E-state index in [9.17, 15) is 35.0 Å². The third kappa shape index (κ3) is 12.4. The van der Waals surface area contributed by atoms with Gasteiger partial charge in [0.1, 0.15) is 18.8 Å². The van der Waals surface area contributed by atoms with Gasteiger partial charge in [-0.05, 0) is 82.6 Å². The van der Waals surface area contributed by atoms with Crippen LogP contribution in [0.3, 0.4) is 0 Å². The van der Waals surface area contributed by atoms with Gasteiger partial charge in [0.25, 0.3) is 5.09 Å². The fourth-order valence-corrected chi connectivity index (χ4v) is 5.04. The predicted molar refractivity (Wildman–Crippen MR) is 147 cm³/mol. The van der Waals surface area contributed by atoms with E-state index in [2.05, 4.69) is 10.2 Å². The number of aryl methyl sites for hydroxylation is 1. The molecule has 0 radical (unpaired) electrons. The van der Waals surface area contributed by atoms with Crippen LogP contribution in [0.25, 0.3) is 0 Å². The van der Waals surface area contributed by atoms with Crippen molar-refractivity contribution in [1.29, 1.82) is 0 Å². The lowest BCUT2D eigenvalue weighted by Crippen LogP contribution is -2.40. The van der Waals surface area contributed by atoms with Crippen LogP contribution in [0.4, 0.5) is 0 Å². The molecule has 7 atom stereocenters. The van der Waals surface area contributed by atoms with Crippen LogP contribution in [0.2, 0.25) is 0 Å². The summed E-state index contributed by atoms with van der Waals surface area (Å²) in [7, 11) is 0. The Morgan fingerprint density at radius 1 is 1.12 bits per heavy atom. The topological polar surface area (TPSA) is 168 Å². The van der Waals surface area contributed by atoms with Crippen molar-refractivity contribution in [3.05, 3.63) is 58.2 Å². The van der Waals surface area contributed by atoms with Crippen LogP contribution in [0.1, 0.15) is 70.8 Å². The molecule has 0 spiro atoms. The number of carbonyl (C=O) groups excluding carboxylic acids is 2. The van der Waals surface area contributed by atoms with Crippen molar-refractivity contribution in [3.8, 4) is 0 Å².